The molecule has 4 heteroatoms. The van der Waals surface area contributed by atoms with E-state index in [-0.39, 0.29) is 0 Å². The van der Waals surface area contributed by atoms with Gasteiger partial charge in [0.25, 0.3) is 0 Å². The number of aromatic nitrogens is 2. The van der Waals surface area contributed by atoms with Crippen LogP contribution in [0.3, 0.4) is 0 Å². The van der Waals surface area contributed by atoms with E-state index < -0.39 is 0 Å². The summed E-state index contributed by atoms with van der Waals surface area (Å²) in [5.74, 6) is 3.34. The lowest BCUT2D eigenvalue weighted by molar-refractivity contribution is 0.585. The van der Waals surface area contributed by atoms with Gasteiger partial charge in [0, 0.05) is 23.9 Å². The number of hydrogen-bond acceptors (Lipinski definition) is 1. The number of benzene rings is 1. The third-order valence-corrected chi connectivity index (χ3v) is 4.22. The highest BCUT2D eigenvalue weighted by molar-refractivity contribution is 6.31. The molecule has 2 unspecified atom stereocenters. The smallest absolute Gasteiger partial charge is 0.111 e. The van der Waals surface area contributed by atoms with Crippen molar-refractivity contribution in [3.05, 3.63) is 29.0 Å². The van der Waals surface area contributed by atoms with Crippen LogP contribution in [0.25, 0.3) is 11.0 Å². The third kappa shape index (κ3) is 2.24. The van der Waals surface area contributed by atoms with E-state index >= 15 is 0 Å². The van der Waals surface area contributed by atoms with Gasteiger partial charge in [-0.15, -0.1) is 11.6 Å². The first-order chi connectivity index (χ1) is 8.69. The van der Waals surface area contributed by atoms with Crippen LogP contribution in [0.1, 0.15) is 19.2 Å². The minimum atomic E-state index is 0.608. The number of fused-ring (bicyclic) bond motifs is 1. The van der Waals surface area contributed by atoms with E-state index in [1.54, 1.807) is 0 Å². The lowest BCUT2D eigenvalue weighted by Crippen LogP contribution is -2.06. The second-order valence-electron chi connectivity index (χ2n) is 5.18. The van der Waals surface area contributed by atoms with Crippen LogP contribution >= 0.6 is 23.2 Å². The van der Waals surface area contributed by atoms with Crippen molar-refractivity contribution < 1.29 is 0 Å². The van der Waals surface area contributed by atoms with Crippen molar-refractivity contribution in [1.29, 1.82) is 0 Å². The van der Waals surface area contributed by atoms with E-state index in [0.717, 1.165) is 41.2 Å². The van der Waals surface area contributed by atoms with Gasteiger partial charge in [-0.2, -0.15) is 0 Å². The second kappa shape index (κ2) is 4.75. The summed E-state index contributed by atoms with van der Waals surface area (Å²) in [5.41, 5.74) is 2.16. The number of hydrogen-bond donors (Lipinski definition) is 0. The maximum absolute atomic E-state index is 6.02. The van der Waals surface area contributed by atoms with Crippen LogP contribution in [0.4, 0.5) is 0 Å². The molecule has 1 saturated carbocycles. The molecule has 0 saturated heterocycles. The number of nitrogens with zero attached hydrogens (tertiary/aromatic N) is 2. The molecule has 1 aliphatic carbocycles. The van der Waals surface area contributed by atoms with E-state index in [1.807, 2.05) is 12.1 Å². The summed E-state index contributed by atoms with van der Waals surface area (Å²) < 4.78 is 2.32. The van der Waals surface area contributed by atoms with E-state index in [0.29, 0.717) is 5.88 Å². The van der Waals surface area contributed by atoms with Gasteiger partial charge in [0.15, 0.2) is 0 Å². The van der Waals surface area contributed by atoms with Crippen molar-refractivity contribution in [2.45, 2.75) is 26.3 Å². The molecule has 2 nitrogen and oxygen atoms in total. The summed E-state index contributed by atoms with van der Waals surface area (Å²) >= 11 is 11.9. The Bertz CT molecular complexity index is 576. The van der Waals surface area contributed by atoms with E-state index in [2.05, 4.69) is 22.5 Å². The fourth-order valence-electron chi connectivity index (χ4n) is 2.52. The Morgan fingerprint density at radius 3 is 2.89 bits per heavy atom. The molecule has 2 atom stereocenters. The molecule has 96 valence electrons. The zero-order chi connectivity index (χ0) is 12.7. The molecular formula is C14H16Cl2N2. The fourth-order valence-corrected chi connectivity index (χ4v) is 2.86. The zero-order valence-corrected chi connectivity index (χ0v) is 11.9. The number of alkyl halides is 1. The van der Waals surface area contributed by atoms with Gasteiger partial charge in [-0.3, -0.25) is 0 Å². The predicted molar refractivity (Wildman–Crippen MR) is 76.4 cm³/mol. The van der Waals surface area contributed by atoms with Crippen LogP contribution in [0.5, 0.6) is 0 Å². The van der Waals surface area contributed by atoms with Crippen molar-refractivity contribution in [1.82, 2.24) is 9.55 Å². The van der Waals surface area contributed by atoms with Gasteiger partial charge < -0.3 is 4.57 Å². The van der Waals surface area contributed by atoms with E-state index in [4.69, 9.17) is 23.2 Å². The molecule has 18 heavy (non-hydrogen) atoms. The van der Waals surface area contributed by atoms with Gasteiger partial charge in [-0.05, 0) is 36.5 Å². The largest absolute Gasteiger partial charge is 0.328 e. The maximum atomic E-state index is 6.02. The maximum Gasteiger partial charge on any atom is 0.111 e. The van der Waals surface area contributed by atoms with Gasteiger partial charge >= 0.3 is 0 Å². The minimum absolute atomic E-state index is 0.608. The predicted octanol–water partition coefficient (Wildman–Crippen LogP) is 4.13. The Kier molecular flexibility index (Phi) is 3.25. The molecule has 1 aromatic heterocycles. The third-order valence-electron chi connectivity index (χ3n) is 3.80. The van der Waals surface area contributed by atoms with Gasteiger partial charge in [-0.25, -0.2) is 4.98 Å². The fraction of sp³-hybridized carbons (Fsp3) is 0.500. The van der Waals surface area contributed by atoms with Crippen molar-refractivity contribution in [2.75, 3.05) is 5.88 Å². The number of aryl methyl sites for hydroxylation is 1. The number of imidazole rings is 1. The van der Waals surface area contributed by atoms with Gasteiger partial charge in [0.2, 0.25) is 0 Å². The Labute approximate surface area is 117 Å². The van der Waals surface area contributed by atoms with E-state index in [1.165, 1.54) is 11.9 Å². The first-order valence-corrected chi connectivity index (χ1v) is 7.31. The molecule has 1 fully saturated rings. The summed E-state index contributed by atoms with van der Waals surface area (Å²) in [4.78, 5) is 4.66. The molecule has 2 aromatic rings. The monoisotopic (exact) mass is 282 g/mol. The Morgan fingerprint density at radius 1 is 1.44 bits per heavy atom. The molecule has 0 radical (unpaired) electrons. The topological polar surface area (TPSA) is 17.8 Å². The second-order valence-corrected chi connectivity index (χ2v) is 6.00. The van der Waals surface area contributed by atoms with Crippen LogP contribution in [0, 0.1) is 11.8 Å². The highest BCUT2D eigenvalue weighted by atomic mass is 35.5. The Morgan fingerprint density at radius 2 is 2.22 bits per heavy atom. The van der Waals surface area contributed by atoms with Gasteiger partial charge in [0.1, 0.15) is 5.82 Å². The van der Waals surface area contributed by atoms with Crippen molar-refractivity contribution in [2.24, 2.45) is 11.8 Å². The highest BCUT2D eigenvalue weighted by Crippen LogP contribution is 2.40. The molecular weight excluding hydrogens is 267 g/mol. The molecule has 0 amide bonds. The normalized spacial score (nSPS) is 22.6. The van der Waals surface area contributed by atoms with Crippen molar-refractivity contribution in [3.8, 4) is 0 Å². The Balaban J connectivity index is 2.03. The molecule has 0 spiro atoms. The lowest BCUT2D eigenvalue weighted by atomic mass is 10.3. The summed E-state index contributed by atoms with van der Waals surface area (Å²) in [6, 6.07) is 5.93. The number of rotatable bonds is 4. The minimum Gasteiger partial charge on any atom is -0.328 e. The molecule has 1 aromatic carbocycles. The van der Waals surface area contributed by atoms with Crippen LogP contribution in [0.2, 0.25) is 5.02 Å². The van der Waals surface area contributed by atoms with Crippen LogP contribution < -0.4 is 0 Å². The van der Waals surface area contributed by atoms with Crippen LogP contribution in [0.15, 0.2) is 18.2 Å². The zero-order valence-electron chi connectivity index (χ0n) is 10.4. The molecule has 0 aliphatic heterocycles. The first kappa shape index (κ1) is 12.3. The van der Waals surface area contributed by atoms with Crippen molar-refractivity contribution in [3.63, 3.8) is 0 Å². The quantitative estimate of drug-likeness (QED) is 0.771. The van der Waals surface area contributed by atoms with Crippen molar-refractivity contribution >= 4 is 34.2 Å². The highest BCUT2D eigenvalue weighted by Gasteiger charge is 2.33. The van der Waals surface area contributed by atoms with Gasteiger partial charge in [0.05, 0.1) is 11.0 Å². The average molecular weight is 283 g/mol. The number of halogens is 2. The summed E-state index contributed by atoms with van der Waals surface area (Å²) in [6.45, 7) is 3.37. The molecule has 0 bridgehead atoms. The summed E-state index contributed by atoms with van der Waals surface area (Å²) in [7, 11) is 0. The SMILES string of the molecule is CC1CC1Cn1c(CCCl)nc2cc(Cl)ccc21. The average Bonchev–Trinajstić information content (AvgIpc) is 2.92. The van der Waals surface area contributed by atoms with Gasteiger partial charge in [-0.1, -0.05) is 18.5 Å². The standard InChI is InChI=1S/C14H16Cl2N2/c1-9-6-10(9)8-18-13-3-2-11(16)7-12(13)17-14(18)4-5-15/h2-3,7,9-10H,4-6,8H2,1H3. The first-order valence-electron chi connectivity index (χ1n) is 6.39. The summed E-state index contributed by atoms with van der Waals surface area (Å²) in [6.07, 6.45) is 2.14. The van der Waals surface area contributed by atoms with Crippen LogP contribution in [-0.4, -0.2) is 15.4 Å². The molecule has 0 N–H and O–H groups in total. The lowest BCUT2D eigenvalue weighted by Gasteiger charge is -2.07. The molecule has 1 heterocycles. The van der Waals surface area contributed by atoms with E-state index in [9.17, 15) is 0 Å². The summed E-state index contributed by atoms with van der Waals surface area (Å²) in [5, 5.41) is 0.740. The molecule has 3 rings (SSSR count). The molecule has 1 aliphatic rings. The van der Waals surface area contributed by atoms with Crippen LogP contribution in [-0.2, 0) is 13.0 Å². The Hall–Kier alpha value is -0.730.